The Kier molecular flexibility index (Phi) is 8.33. The maximum atomic E-state index is 13.3. The number of hydrogen-bond acceptors (Lipinski definition) is 4. The van der Waals surface area contributed by atoms with E-state index in [1.54, 1.807) is 12.3 Å². The summed E-state index contributed by atoms with van der Waals surface area (Å²) < 4.78 is 16.4. The van der Waals surface area contributed by atoms with Crippen LogP contribution in [-0.2, 0) is 22.6 Å². The number of nitrogens with zero attached hydrogens (tertiary/aromatic N) is 4. The molecular formula is C25H26Br2FN5O2. The second kappa shape index (κ2) is 11.4. The third kappa shape index (κ3) is 6.55. The van der Waals surface area contributed by atoms with E-state index in [1.165, 1.54) is 16.8 Å². The molecule has 4 rings (SSSR count). The van der Waals surface area contributed by atoms with Gasteiger partial charge in [0.25, 0.3) is 0 Å². The molecule has 1 aromatic heterocycles. The lowest BCUT2D eigenvalue weighted by Crippen LogP contribution is -2.44. The zero-order valence-electron chi connectivity index (χ0n) is 19.3. The largest absolute Gasteiger partial charge is 0.350 e. The Morgan fingerprint density at radius 1 is 1.14 bits per heavy atom. The highest BCUT2D eigenvalue weighted by molar-refractivity contribution is 9.10. The number of hydrogen-bond donors (Lipinski definition) is 1. The molecule has 184 valence electrons. The van der Waals surface area contributed by atoms with Gasteiger partial charge in [-0.25, -0.2) is 9.07 Å². The second-order valence-electron chi connectivity index (χ2n) is 8.80. The molecule has 1 N–H and O–H groups in total. The van der Waals surface area contributed by atoms with Gasteiger partial charge >= 0.3 is 0 Å². The number of piperidine rings is 1. The Morgan fingerprint density at radius 2 is 1.86 bits per heavy atom. The molecular weight excluding hydrogens is 581 g/mol. The highest BCUT2D eigenvalue weighted by Gasteiger charge is 2.29. The summed E-state index contributed by atoms with van der Waals surface area (Å²) >= 11 is 6.75. The van der Waals surface area contributed by atoms with E-state index in [0.29, 0.717) is 48.2 Å². The van der Waals surface area contributed by atoms with Crippen LogP contribution in [0.15, 0.2) is 57.6 Å². The maximum absolute atomic E-state index is 13.3. The normalized spacial score (nSPS) is 15.1. The van der Waals surface area contributed by atoms with Crippen molar-refractivity contribution in [2.24, 2.45) is 11.8 Å². The van der Waals surface area contributed by atoms with Crippen molar-refractivity contribution in [2.75, 3.05) is 13.1 Å². The van der Waals surface area contributed by atoms with Crippen LogP contribution in [0.25, 0.3) is 5.69 Å². The summed E-state index contributed by atoms with van der Waals surface area (Å²) in [7, 11) is 0. The molecule has 1 aliphatic rings. The van der Waals surface area contributed by atoms with Crippen LogP contribution in [-0.4, -0.2) is 44.8 Å². The summed E-state index contributed by atoms with van der Waals surface area (Å²) in [5.41, 5.74) is 2.39. The first-order valence-corrected chi connectivity index (χ1v) is 13.1. The number of benzene rings is 2. The van der Waals surface area contributed by atoms with Crippen molar-refractivity contribution in [2.45, 2.75) is 32.7 Å². The third-order valence-corrected chi connectivity index (χ3v) is 7.36. The summed E-state index contributed by atoms with van der Waals surface area (Å²) in [5.74, 6) is -0.500. The summed E-state index contributed by atoms with van der Waals surface area (Å²) in [6, 6.07) is 12.3. The average molecular weight is 607 g/mol. The Labute approximate surface area is 220 Å². The molecule has 1 unspecified atom stereocenters. The molecule has 2 aromatic carbocycles. The van der Waals surface area contributed by atoms with Crippen LogP contribution in [0.5, 0.6) is 0 Å². The fourth-order valence-corrected chi connectivity index (χ4v) is 5.02. The lowest BCUT2D eigenvalue weighted by molar-refractivity contribution is -0.138. The number of nitrogens with one attached hydrogen (secondary N) is 1. The molecule has 7 nitrogen and oxygen atoms in total. The van der Waals surface area contributed by atoms with E-state index in [0.717, 1.165) is 10.0 Å². The van der Waals surface area contributed by atoms with Gasteiger partial charge in [0.05, 0.1) is 18.4 Å². The first kappa shape index (κ1) is 25.5. The molecule has 0 spiro atoms. The Hall–Kier alpha value is -2.59. The van der Waals surface area contributed by atoms with Crippen molar-refractivity contribution in [3.63, 3.8) is 0 Å². The van der Waals surface area contributed by atoms with Gasteiger partial charge in [0.15, 0.2) is 0 Å². The minimum atomic E-state index is -0.347. The van der Waals surface area contributed by atoms with Gasteiger partial charge < -0.3 is 10.2 Å². The molecule has 3 aromatic rings. The first-order chi connectivity index (χ1) is 16.8. The number of rotatable bonds is 7. The van der Waals surface area contributed by atoms with E-state index in [-0.39, 0.29) is 36.0 Å². The minimum absolute atomic E-state index is 0.0440. The quantitative estimate of drug-likeness (QED) is 0.424. The minimum Gasteiger partial charge on any atom is -0.350 e. The van der Waals surface area contributed by atoms with Gasteiger partial charge in [-0.3, -0.25) is 9.59 Å². The number of carbonyl (C=O) groups excluding carboxylic acids is 2. The fraction of sp³-hybridized carbons (Fsp3) is 0.360. The summed E-state index contributed by atoms with van der Waals surface area (Å²) in [6.45, 7) is 3.37. The third-order valence-electron chi connectivity index (χ3n) is 6.20. The number of likely N-dealkylation sites (tertiary alicyclic amines) is 1. The van der Waals surface area contributed by atoms with Crippen molar-refractivity contribution in [3.8, 4) is 5.69 Å². The van der Waals surface area contributed by atoms with E-state index in [1.807, 2.05) is 36.1 Å². The molecule has 0 radical (unpaired) electrons. The molecule has 0 aliphatic carbocycles. The monoisotopic (exact) mass is 605 g/mol. The second-order valence-corrected chi connectivity index (χ2v) is 10.6. The predicted molar refractivity (Wildman–Crippen MR) is 137 cm³/mol. The van der Waals surface area contributed by atoms with E-state index in [2.05, 4.69) is 47.5 Å². The van der Waals surface area contributed by atoms with Crippen LogP contribution in [0.3, 0.4) is 0 Å². The number of aromatic nitrogens is 3. The molecule has 2 heterocycles. The zero-order chi connectivity index (χ0) is 24.9. The molecule has 0 bridgehead atoms. The van der Waals surface area contributed by atoms with Gasteiger partial charge in [0.1, 0.15) is 11.5 Å². The highest BCUT2D eigenvalue weighted by atomic mass is 79.9. The fourth-order valence-electron chi connectivity index (χ4n) is 4.22. The summed E-state index contributed by atoms with van der Waals surface area (Å²) in [4.78, 5) is 27.5. The van der Waals surface area contributed by atoms with E-state index in [9.17, 15) is 14.0 Å². The Balaban J connectivity index is 1.24. The predicted octanol–water partition coefficient (Wildman–Crippen LogP) is 4.67. The summed E-state index contributed by atoms with van der Waals surface area (Å²) in [5, 5.41) is 11.1. The zero-order valence-corrected chi connectivity index (χ0v) is 22.4. The molecule has 1 saturated heterocycles. The Morgan fingerprint density at radius 3 is 2.54 bits per heavy atom. The van der Waals surface area contributed by atoms with Crippen LogP contribution in [0.2, 0.25) is 0 Å². The van der Waals surface area contributed by atoms with Gasteiger partial charge in [0.2, 0.25) is 11.8 Å². The van der Waals surface area contributed by atoms with Crippen molar-refractivity contribution in [1.82, 2.24) is 25.2 Å². The van der Waals surface area contributed by atoms with Crippen molar-refractivity contribution < 1.29 is 14.0 Å². The van der Waals surface area contributed by atoms with E-state index < -0.39 is 0 Å². The van der Waals surface area contributed by atoms with Gasteiger partial charge in [-0.2, -0.15) is 0 Å². The van der Waals surface area contributed by atoms with Gasteiger partial charge in [-0.05, 0) is 71.1 Å². The van der Waals surface area contributed by atoms with Gasteiger partial charge in [-0.15, -0.1) is 5.10 Å². The smallest absolute Gasteiger partial charge is 0.225 e. The van der Waals surface area contributed by atoms with Crippen LogP contribution < -0.4 is 5.32 Å². The van der Waals surface area contributed by atoms with Gasteiger partial charge in [-0.1, -0.05) is 40.2 Å². The van der Waals surface area contributed by atoms with Crippen molar-refractivity contribution in [1.29, 1.82) is 0 Å². The van der Waals surface area contributed by atoms with Crippen LogP contribution in [0.4, 0.5) is 4.39 Å². The summed E-state index contributed by atoms with van der Waals surface area (Å²) in [6.07, 6.45) is 3.67. The molecule has 2 amide bonds. The van der Waals surface area contributed by atoms with Gasteiger partial charge in [0, 0.05) is 33.9 Å². The molecule has 35 heavy (non-hydrogen) atoms. The topological polar surface area (TPSA) is 80.1 Å². The standard InChI is InChI=1S/C25H26Br2FN5O2/c1-16(12-17-2-4-19(26)5-3-17)25(35)32-10-8-18(9-11-32)24(34)29-14-21-15-33(31-30-21)23-7-6-20(28)13-22(23)27/h2-7,13,15-16,18H,8-12,14H2,1H3,(H,29,34). The van der Waals surface area contributed by atoms with E-state index in [4.69, 9.17) is 0 Å². The number of amides is 2. The van der Waals surface area contributed by atoms with Crippen molar-refractivity contribution in [3.05, 3.63) is 74.7 Å². The van der Waals surface area contributed by atoms with Crippen LogP contribution in [0, 0.1) is 17.7 Å². The molecule has 1 aliphatic heterocycles. The van der Waals surface area contributed by atoms with Crippen molar-refractivity contribution >= 4 is 43.7 Å². The molecule has 1 fully saturated rings. The number of carbonyl (C=O) groups is 2. The molecule has 10 heteroatoms. The molecule has 1 atom stereocenters. The van der Waals surface area contributed by atoms with E-state index >= 15 is 0 Å². The SMILES string of the molecule is CC(Cc1ccc(Br)cc1)C(=O)N1CCC(C(=O)NCc2cn(-c3ccc(F)cc3Br)nn2)CC1. The lowest BCUT2D eigenvalue weighted by Gasteiger charge is -2.33. The van der Waals surface area contributed by atoms with Crippen LogP contribution >= 0.6 is 31.9 Å². The Bertz CT molecular complexity index is 1190. The lowest BCUT2D eigenvalue weighted by atomic mass is 9.93. The highest BCUT2D eigenvalue weighted by Crippen LogP contribution is 2.23. The maximum Gasteiger partial charge on any atom is 0.225 e. The molecule has 0 saturated carbocycles. The average Bonchev–Trinajstić information content (AvgIpc) is 3.32. The number of halogens is 3. The van der Waals surface area contributed by atoms with Crippen LogP contribution in [0.1, 0.15) is 31.0 Å². The first-order valence-electron chi connectivity index (χ1n) is 11.5.